The Bertz CT molecular complexity index is 659. The number of nitrogens with two attached hydrogens (primary N) is 1. The van der Waals surface area contributed by atoms with Crippen LogP contribution in [0.4, 0.5) is 0 Å². The zero-order chi connectivity index (χ0) is 17.5. The molecule has 3 rings (SSSR count). The normalized spacial score (nSPS) is 19.4. The summed E-state index contributed by atoms with van der Waals surface area (Å²) in [6, 6.07) is 19.9. The molecule has 1 aliphatic rings. The van der Waals surface area contributed by atoms with Gasteiger partial charge in [-0.3, -0.25) is 9.69 Å². The van der Waals surface area contributed by atoms with Crippen molar-refractivity contribution in [1.29, 1.82) is 0 Å². The Morgan fingerprint density at radius 3 is 2.48 bits per heavy atom. The van der Waals surface area contributed by atoms with Gasteiger partial charge in [0.25, 0.3) is 0 Å². The summed E-state index contributed by atoms with van der Waals surface area (Å²) >= 11 is 0. The van der Waals surface area contributed by atoms with Crippen LogP contribution in [0.1, 0.15) is 30.0 Å². The number of rotatable bonds is 7. The van der Waals surface area contributed by atoms with Crippen LogP contribution in [0.25, 0.3) is 0 Å². The Balaban J connectivity index is 1.54. The van der Waals surface area contributed by atoms with Crippen LogP contribution < -0.4 is 11.1 Å². The molecule has 132 valence electrons. The first kappa shape index (κ1) is 17.6. The molecule has 4 nitrogen and oxygen atoms in total. The molecule has 1 heterocycles. The largest absolute Gasteiger partial charge is 0.368 e. The number of hydrogen-bond acceptors (Lipinski definition) is 3. The fraction of sp³-hybridized carbons (Fsp3) is 0.381. The molecule has 0 aliphatic carbocycles. The number of likely N-dealkylation sites (tertiary alicyclic amines) is 1. The molecule has 0 radical (unpaired) electrons. The van der Waals surface area contributed by atoms with E-state index in [1.165, 1.54) is 18.4 Å². The highest BCUT2D eigenvalue weighted by Crippen LogP contribution is 2.20. The predicted octanol–water partition coefficient (Wildman–Crippen LogP) is 2.71. The number of primary amides is 1. The molecule has 2 aromatic rings. The van der Waals surface area contributed by atoms with Crippen LogP contribution in [0.2, 0.25) is 0 Å². The van der Waals surface area contributed by atoms with Gasteiger partial charge in [-0.1, -0.05) is 60.7 Å². The number of carbonyl (C=O) groups is 1. The summed E-state index contributed by atoms with van der Waals surface area (Å²) in [4.78, 5) is 14.3. The van der Waals surface area contributed by atoms with Crippen LogP contribution in [0.15, 0.2) is 60.7 Å². The van der Waals surface area contributed by atoms with E-state index in [2.05, 4.69) is 40.5 Å². The van der Waals surface area contributed by atoms with Gasteiger partial charge >= 0.3 is 0 Å². The first-order chi connectivity index (χ1) is 12.2. The molecule has 1 fully saturated rings. The first-order valence-electron chi connectivity index (χ1n) is 9.06. The number of nitrogens with one attached hydrogen (secondary N) is 1. The Hall–Kier alpha value is -2.17. The highest BCUT2D eigenvalue weighted by Gasteiger charge is 2.23. The number of piperidine rings is 1. The van der Waals surface area contributed by atoms with Crippen molar-refractivity contribution in [3.63, 3.8) is 0 Å². The van der Waals surface area contributed by atoms with Crippen molar-refractivity contribution in [3.05, 3.63) is 71.8 Å². The van der Waals surface area contributed by atoms with E-state index in [0.29, 0.717) is 5.92 Å². The van der Waals surface area contributed by atoms with Crippen molar-refractivity contribution in [2.75, 3.05) is 19.6 Å². The molecule has 1 saturated heterocycles. The summed E-state index contributed by atoms with van der Waals surface area (Å²) in [6.07, 6.45) is 2.39. The van der Waals surface area contributed by atoms with E-state index in [-0.39, 0.29) is 5.91 Å². The van der Waals surface area contributed by atoms with Gasteiger partial charge in [0, 0.05) is 19.6 Å². The molecule has 2 aromatic carbocycles. The van der Waals surface area contributed by atoms with E-state index < -0.39 is 6.04 Å². The van der Waals surface area contributed by atoms with E-state index in [4.69, 9.17) is 5.73 Å². The molecule has 25 heavy (non-hydrogen) atoms. The fourth-order valence-corrected chi connectivity index (χ4v) is 3.62. The van der Waals surface area contributed by atoms with Crippen LogP contribution >= 0.6 is 0 Å². The summed E-state index contributed by atoms with van der Waals surface area (Å²) in [5.41, 5.74) is 7.90. The van der Waals surface area contributed by atoms with Crippen molar-refractivity contribution in [3.8, 4) is 0 Å². The number of amides is 1. The lowest BCUT2D eigenvalue weighted by atomic mass is 9.96. The highest BCUT2D eigenvalue weighted by molar-refractivity contribution is 5.81. The Kier molecular flexibility index (Phi) is 6.20. The van der Waals surface area contributed by atoms with Crippen LogP contribution in [0, 0.1) is 5.92 Å². The van der Waals surface area contributed by atoms with Gasteiger partial charge in [-0.2, -0.15) is 0 Å². The maximum Gasteiger partial charge on any atom is 0.239 e. The molecule has 0 bridgehead atoms. The molecule has 3 N–H and O–H groups in total. The number of benzene rings is 2. The Labute approximate surface area is 150 Å². The molecule has 0 aromatic heterocycles. The van der Waals surface area contributed by atoms with Crippen LogP contribution in [0.5, 0.6) is 0 Å². The third-order valence-electron chi connectivity index (χ3n) is 4.88. The predicted molar refractivity (Wildman–Crippen MR) is 101 cm³/mol. The minimum Gasteiger partial charge on any atom is -0.368 e. The van der Waals surface area contributed by atoms with Crippen molar-refractivity contribution in [2.45, 2.75) is 25.4 Å². The lowest BCUT2D eigenvalue weighted by Crippen LogP contribution is -2.42. The van der Waals surface area contributed by atoms with Gasteiger partial charge in [0.2, 0.25) is 5.91 Å². The lowest BCUT2D eigenvalue weighted by Gasteiger charge is -2.33. The highest BCUT2D eigenvalue weighted by atomic mass is 16.1. The molecule has 0 unspecified atom stereocenters. The second kappa shape index (κ2) is 8.79. The summed E-state index contributed by atoms with van der Waals surface area (Å²) in [5, 5.41) is 3.39. The van der Waals surface area contributed by atoms with Gasteiger partial charge in [-0.05, 0) is 36.4 Å². The Morgan fingerprint density at radius 2 is 1.80 bits per heavy atom. The van der Waals surface area contributed by atoms with E-state index >= 15 is 0 Å². The molecule has 1 amide bonds. The van der Waals surface area contributed by atoms with Gasteiger partial charge in [-0.25, -0.2) is 0 Å². The summed E-state index contributed by atoms with van der Waals surface area (Å²) in [5.74, 6) is 0.228. The first-order valence-corrected chi connectivity index (χ1v) is 9.06. The third kappa shape index (κ3) is 5.15. The van der Waals surface area contributed by atoms with Crippen LogP contribution in [-0.4, -0.2) is 30.4 Å². The number of nitrogens with zero attached hydrogens (tertiary/aromatic N) is 1. The van der Waals surface area contributed by atoms with Crippen molar-refractivity contribution in [1.82, 2.24) is 10.2 Å². The molecular weight excluding hydrogens is 310 g/mol. The maximum atomic E-state index is 11.8. The van der Waals surface area contributed by atoms with Crippen molar-refractivity contribution in [2.24, 2.45) is 11.7 Å². The summed E-state index contributed by atoms with van der Waals surface area (Å²) in [7, 11) is 0. The molecule has 1 aliphatic heterocycles. The SMILES string of the molecule is NC(=O)[C@H](NC[C@H]1CCCN(Cc2ccccc2)C1)c1ccccc1. The summed E-state index contributed by atoms with van der Waals surface area (Å²) < 4.78 is 0. The Morgan fingerprint density at radius 1 is 1.12 bits per heavy atom. The van der Waals surface area contributed by atoms with Crippen molar-refractivity contribution >= 4 is 5.91 Å². The molecule has 0 saturated carbocycles. The second-order valence-electron chi connectivity index (χ2n) is 6.88. The van der Waals surface area contributed by atoms with Crippen LogP contribution in [-0.2, 0) is 11.3 Å². The van der Waals surface area contributed by atoms with E-state index in [1.54, 1.807) is 0 Å². The number of carbonyl (C=O) groups excluding carboxylic acids is 1. The average Bonchev–Trinajstić information content (AvgIpc) is 2.64. The molecule has 0 spiro atoms. The topological polar surface area (TPSA) is 58.4 Å². The fourth-order valence-electron chi connectivity index (χ4n) is 3.62. The van der Waals surface area contributed by atoms with Gasteiger partial charge in [0.1, 0.15) is 6.04 Å². The zero-order valence-electron chi connectivity index (χ0n) is 14.6. The van der Waals surface area contributed by atoms with Gasteiger partial charge in [0.05, 0.1) is 0 Å². The quantitative estimate of drug-likeness (QED) is 0.817. The smallest absolute Gasteiger partial charge is 0.239 e. The molecule has 4 heteroatoms. The summed E-state index contributed by atoms with van der Waals surface area (Å²) in [6.45, 7) is 4.01. The standard InChI is InChI=1S/C21H27N3O/c22-21(25)20(19-11-5-2-6-12-19)23-14-18-10-7-13-24(16-18)15-17-8-3-1-4-9-17/h1-6,8-9,11-12,18,20,23H,7,10,13-16H2,(H2,22,25)/t18-,20-/m1/s1. The minimum absolute atomic E-state index is 0.317. The lowest BCUT2D eigenvalue weighted by molar-refractivity contribution is -0.120. The molecular formula is C21H27N3O. The average molecular weight is 337 g/mol. The van der Waals surface area contributed by atoms with Gasteiger partial charge in [0.15, 0.2) is 0 Å². The third-order valence-corrected chi connectivity index (χ3v) is 4.88. The minimum atomic E-state index is -0.411. The monoisotopic (exact) mass is 337 g/mol. The second-order valence-corrected chi connectivity index (χ2v) is 6.88. The molecule has 2 atom stereocenters. The van der Waals surface area contributed by atoms with Gasteiger partial charge in [-0.15, -0.1) is 0 Å². The maximum absolute atomic E-state index is 11.8. The van der Waals surface area contributed by atoms with Crippen molar-refractivity contribution < 1.29 is 4.79 Å². The zero-order valence-corrected chi connectivity index (χ0v) is 14.6. The van der Waals surface area contributed by atoms with Crippen LogP contribution in [0.3, 0.4) is 0 Å². The van der Waals surface area contributed by atoms with E-state index in [1.807, 2.05) is 30.3 Å². The van der Waals surface area contributed by atoms with E-state index in [9.17, 15) is 4.79 Å². The van der Waals surface area contributed by atoms with Gasteiger partial charge < -0.3 is 11.1 Å². The van der Waals surface area contributed by atoms with E-state index in [0.717, 1.165) is 31.7 Å². The number of hydrogen-bond donors (Lipinski definition) is 2.